The largest absolute Gasteiger partial charge is 0.337 e. The summed E-state index contributed by atoms with van der Waals surface area (Å²) in [4.78, 5) is 26.3. The Balaban J connectivity index is 0.00000242. The normalized spacial score (nSPS) is 21.1. The molecule has 1 aromatic rings. The van der Waals surface area contributed by atoms with Crippen molar-refractivity contribution in [3.05, 3.63) is 35.4 Å². The summed E-state index contributed by atoms with van der Waals surface area (Å²) in [5.74, 6) is 0.121. The summed E-state index contributed by atoms with van der Waals surface area (Å²) in [6.45, 7) is 7.68. The van der Waals surface area contributed by atoms with Gasteiger partial charge in [0.25, 0.3) is 0 Å². The van der Waals surface area contributed by atoms with E-state index in [0.29, 0.717) is 18.0 Å². The van der Waals surface area contributed by atoms with Crippen LogP contribution in [0.5, 0.6) is 0 Å². The van der Waals surface area contributed by atoms with E-state index < -0.39 is 0 Å². The van der Waals surface area contributed by atoms with Crippen molar-refractivity contribution in [1.82, 2.24) is 10.2 Å². The van der Waals surface area contributed by atoms with Gasteiger partial charge in [0.1, 0.15) is 0 Å². The predicted octanol–water partition coefficient (Wildman–Crippen LogP) is 2.59. The molecule has 1 N–H and O–H groups in total. The van der Waals surface area contributed by atoms with Crippen molar-refractivity contribution in [2.45, 2.75) is 45.7 Å². The standard InChI is InChI=1S/C17H24N2O2.ClH/c1-12-4-6-15(7-5-12)16(20)8-9-17(21)19-11-10-18-13(2)14(19)3;/h4-7,13-14,18H,8-11H2,1-3H3;1H. The van der Waals surface area contributed by atoms with E-state index in [1.165, 1.54) is 0 Å². The first-order valence-corrected chi connectivity index (χ1v) is 7.62. The Morgan fingerprint density at radius 3 is 2.45 bits per heavy atom. The van der Waals surface area contributed by atoms with Gasteiger partial charge in [-0.05, 0) is 20.8 Å². The number of hydrogen-bond acceptors (Lipinski definition) is 3. The predicted molar refractivity (Wildman–Crippen MR) is 90.6 cm³/mol. The zero-order valence-corrected chi connectivity index (χ0v) is 14.3. The SMILES string of the molecule is Cc1ccc(C(=O)CCC(=O)N2CCNC(C)C2C)cc1.Cl. The molecule has 2 unspecified atom stereocenters. The molecule has 0 aliphatic carbocycles. The number of hydrogen-bond donors (Lipinski definition) is 1. The van der Waals surface area contributed by atoms with Gasteiger partial charge >= 0.3 is 0 Å². The summed E-state index contributed by atoms with van der Waals surface area (Å²) in [7, 11) is 0. The second kappa shape index (κ2) is 8.30. The van der Waals surface area contributed by atoms with Crippen molar-refractivity contribution in [3.63, 3.8) is 0 Å². The Morgan fingerprint density at radius 2 is 1.82 bits per heavy atom. The fourth-order valence-electron chi connectivity index (χ4n) is 2.66. The average molecular weight is 325 g/mol. The molecule has 0 saturated carbocycles. The Labute approximate surface area is 138 Å². The molecule has 0 aromatic heterocycles. The lowest BCUT2D eigenvalue weighted by molar-refractivity contribution is -0.134. The van der Waals surface area contributed by atoms with Crippen molar-refractivity contribution < 1.29 is 9.59 Å². The molecule has 5 heteroatoms. The van der Waals surface area contributed by atoms with Crippen molar-refractivity contribution in [1.29, 1.82) is 0 Å². The van der Waals surface area contributed by atoms with Crippen molar-refractivity contribution in [2.24, 2.45) is 0 Å². The van der Waals surface area contributed by atoms with E-state index in [1.54, 1.807) is 0 Å². The molecule has 1 fully saturated rings. The molecule has 0 bridgehead atoms. The van der Waals surface area contributed by atoms with Gasteiger partial charge < -0.3 is 10.2 Å². The number of ketones is 1. The molecule has 1 aromatic carbocycles. The van der Waals surface area contributed by atoms with Crippen LogP contribution in [-0.2, 0) is 4.79 Å². The maximum Gasteiger partial charge on any atom is 0.223 e. The lowest BCUT2D eigenvalue weighted by Crippen LogP contribution is -2.57. The van der Waals surface area contributed by atoms with Gasteiger partial charge in [-0.2, -0.15) is 0 Å². The lowest BCUT2D eigenvalue weighted by Gasteiger charge is -2.38. The maximum absolute atomic E-state index is 12.3. The van der Waals surface area contributed by atoms with Gasteiger partial charge in [0.05, 0.1) is 0 Å². The van der Waals surface area contributed by atoms with Crippen LogP contribution < -0.4 is 5.32 Å². The minimum Gasteiger partial charge on any atom is -0.337 e. The van der Waals surface area contributed by atoms with E-state index >= 15 is 0 Å². The lowest BCUT2D eigenvalue weighted by atomic mass is 10.0. The number of amides is 1. The molecule has 2 rings (SSSR count). The van der Waals surface area contributed by atoms with Crippen LogP contribution in [-0.4, -0.2) is 41.8 Å². The summed E-state index contributed by atoms with van der Waals surface area (Å²) in [6, 6.07) is 8.00. The summed E-state index contributed by atoms with van der Waals surface area (Å²) >= 11 is 0. The number of benzene rings is 1. The third-order valence-electron chi connectivity index (χ3n) is 4.29. The first kappa shape index (κ1) is 18.7. The van der Waals surface area contributed by atoms with Crippen molar-refractivity contribution in [2.75, 3.05) is 13.1 Å². The van der Waals surface area contributed by atoms with Gasteiger partial charge in [-0.1, -0.05) is 29.8 Å². The number of carbonyl (C=O) groups is 2. The molecule has 0 radical (unpaired) electrons. The van der Waals surface area contributed by atoms with Crippen molar-refractivity contribution >= 4 is 24.1 Å². The van der Waals surface area contributed by atoms with Crippen molar-refractivity contribution in [3.8, 4) is 0 Å². The van der Waals surface area contributed by atoms with E-state index in [1.807, 2.05) is 36.1 Å². The van der Waals surface area contributed by atoms with E-state index in [0.717, 1.165) is 18.7 Å². The summed E-state index contributed by atoms with van der Waals surface area (Å²) in [5.41, 5.74) is 1.82. The highest BCUT2D eigenvalue weighted by molar-refractivity contribution is 5.98. The molecule has 2 atom stereocenters. The fourth-order valence-corrected chi connectivity index (χ4v) is 2.66. The molecular formula is C17H25ClN2O2. The average Bonchev–Trinajstić information content (AvgIpc) is 2.48. The third kappa shape index (κ3) is 4.55. The van der Waals surface area contributed by atoms with Crippen LogP contribution in [0.15, 0.2) is 24.3 Å². The van der Waals surface area contributed by atoms with Gasteiger partial charge in [0, 0.05) is 43.6 Å². The molecule has 122 valence electrons. The molecule has 4 nitrogen and oxygen atoms in total. The maximum atomic E-state index is 12.3. The Kier molecular flexibility index (Phi) is 7.04. The molecule has 1 aliphatic rings. The van der Waals surface area contributed by atoms with Crippen LogP contribution in [0, 0.1) is 6.92 Å². The second-order valence-electron chi connectivity index (χ2n) is 5.86. The van der Waals surface area contributed by atoms with Gasteiger partial charge in [-0.25, -0.2) is 0 Å². The second-order valence-corrected chi connectivity index (χ2v) is 5.86. The van der Waals surface area contributed by atoms with Crippen LogP contribution in [0.4, 0.5) is 0 Å². The summed E-state index contributed by atoms with van der Waals surface area (Å²) in [5, 5.41) is 3.35. The molecule has 22 heavy (non-hydrogen) atoms. The minimum atomic E-state index is 0. The zero-order valence-electron chi connectivity index (χ0n) is 13.5. The fraction of sp³-hybridized carbons (Fsp3) is 0.529. The summed E-state index contributed by atoms with van der Waals surface area (Å²) < 4.78 is 0. The number of aryl methyl sites for hydroxylation is 1. The van der Waals surface area contributed by atoms with E-state index in [4.69, 9.17) is 0 Å². The van der Waals surface area contributed by atoms with Crippen LogP contribution in [0.25, 0.3) is 0 Å². The van der Waals surface area contributed by atoms with Crippen LogP contribution >= 0.6 is 12.4 Å². The molecule has 1 heterocycles. The van der Waals surface area contributed by atoms with Crippen LogP contribution in [0.1, 0.15) is 42.6 Å². The smallest absolute Gasteiger partial charge is 0.223 e. The molecule has 0 spiro atoms. The quantitative estimate of drug-likeness (QED) is 0.866. The Hall–Kier alpha value is -1.39. The van der Waals surface area contributed by atoms with E-state index in [9.17, 15) is 9.59 Å². The summed E-state index contributed by atoms with van der Waals surface area (Å²) in [6.07, 6.45) is 0.580. The van der Waals surface area contributed by atoms with Gasteiger partial charge in [-0.15, -0.1) is 12.4 Å². The number of nitrogens with zero attached hydrogens (tertiary/aromatic N) is 1. The topological polar surface area (TPSA) is 49.4 Å². The number of nitrogens with one attached hydrogen (secondary N) is 1. The first-order chi connectivity index (χ1) is 9.99. The first-order valence-electron chi connectivity index (χ1n) is 7.62. The third-order valence-corrected chi connectivity index (χ3v) is 4.29. The highest BCUT2D eigenvalue weighted by Crippen LogP contribution is 2.13. The van der Waals surface area contributed by atoms with Gasteiger partial charge in [0.2, 0.25) is 5.91 Å². The number of carbonyl (C=O) groups excluding carboxylic acids is 2. The highest BCUT2D eigenvalue weighted by atomic mass is 35.5. The zero-order chi connectivity index (χ0) is 15.4. The molecule has 1 saturated heterocycles. The highest BCUT2D eigenvalue weighted by Gasteiger charge is 2.27. The number of piperazine rings is 1. The van der Waals surface area contributed by atoms with Crippen LogP contribution in [0.2, 0.25) is 0 Å². The van der Waals surface area contributed by atoms with E-state index in [-0.39, 0.29) is 36.6 Å². The molecule has 1 aliphatic heterocycles. The van der Waals surface area contributed by atoms with Crippen LogP contribution in [0.3, 0.4) is 0 Å². The van der Waals surface area contributed by atoms with Gasteiger partial charge in [-0.3, -0.25) is 9.59 Å². The Bertz CT molecular complexity index is 516. The molecular weight excluding hydrogens is 300 g/mol. The number of halogens is 1. The monoisotopic (exact) mass is 324 g/mol. The van der Waals surface area contributed by atoms with E-state index in [2.05, 4.69) is 19.2 Å². The Morgan fingerprint density at radius 1 is 1.18 bits per heavy atom. The minimum absolute atomic E-state index is 0. The number of Topliss-reactive ketones (excluding diaryl/α,β-unsaturated/α-hetero) is 1. The molecule has 1 amide bonds. The number of rotatable bonds is 4. The van der Waals surface area contributed by atoms with Gasteiger partial charge in [0.15, 0.2) is 5.78 Å².